The van der Waals surface area contributed by atoms with E-state index in [0.29, 0.717) is 10.8 Å². The molecule has 2 saturated heterocycles. The van der Waals surface area contributed by atoms with Gasteiger partial charge in [-0.2, -0.15) is 11.8 Å². The maximum atomic E-state index is 6.36. The number of nitrogens with two attached hydrogens (primary N) is 1. The quantitative estimate of drug-likeness (QED) is 0.836. The summed E-state index contributed by atoms with van der Waals surface area (Å²) in [6.07, 6.45) is 5.36. The van der Waals surface area contributed by atoms with Crippen molar-refractivity contribution in [1.82, 2.24) is 4.90 Å². The zero-order chi connectivity index (χ0) is 15.7. The fourth-order valence-electron chi connectivity index (χ4n) is 4.37. The minimum absolute atomic E-state index is 0.211. The Morgan fingerprint density at radius 2 is 1.90 bits per heavy atom. The predicted octanol–water partition coefficient (Wildman–Crippen LogP) is 4.00. The van der Waals surface area contributed by atoms with Gasteiger partial charge in [-0.05, 0) is 61.3 Å². The number of likely N-dealkylation sites (tertiary alicyclic amines) is 1. The molecular weight excluding hydrogens is 276 g/mol. The summed E-state index contributed by atoms with van der Waals surface area (Å²) in [5.74, 6) is 3.38. The Kier molecular flexibility index (Phi) is 5.38. The lowest BCUT2D eigenvalue weighted by molar-refractivity contribution is 0.00193. The van der Waals surface area contributed by atoms with Gasteiger partial charge in [-0.25, -0.2) is 0 Å². The average Bonchev–Trinajstić information content (AvgIpc) is 2.64. The molecule has 2 nitrogen and oxygen atoms in total. The smallest absolute Gasteiger partial charge is 0.0472 e. The zero-order valence-electron chi connectivity index (χ0n) is 14.9. The highest BCUT2D eigenvalue weighted by molar-refractivity contribution is 7.99. The molecule has 3 heteroatoms. The Morgan fingerprint density at radius 3 is 2.48 bits per heavy atom. The number of rotatable bonds is 2. The van der Waals surface area contributed by atoms with Crippen LogP contribution in [0.15, 0.2) is 0 Å². The third kappa shape index (κ3) is 3.45. The second-order valence-electron chi connectivity index (χ2n) is 8.90. The van der Waals surface area contributed by atoms with E-state index in [0.717, 1.165) is 12.5 Å². The van der Waals surface area contributed by atoms with E-state index in [1.165, 1.54) is 50.3 Å². The molecule has 2 atom stereocenters. The number of nitrogens with zero attached hydrogens (tertiary/aromatic N) is 1. The predicted molar refractivity (Wildman–Crippen MR) is 95.9 cm³/mol. The molecular formula is C18H36N2S. The molecule has 0 aromatic rings. The summed E-state index contributed by atoms with van der Waals surface area (Å²) in [7, 11) is 0. The van der Waals surface area contributed by atoms with Crippen LogP contribution in [-0.4, -0.2) is 41.6 Å². The van der Waals surface area contributed by atoms with E-state index in [2.05, 4.69) is 51.3 Å². The van der Waals surface area contributed by atoms with Crippen molar-refractivity contribution in [3.05, 3.63) is 0 Å². The fraction of sp³-hybridized carbons (Fsp3) is 1.00. The molecule has 2 heterocycles. The Bertz CT molecular complexity index is 348. The van der Waals surface area contributed by atoms with Crippen molar-refractivity contribution in [1.29, 1.82) is 0 Å². The van der Waals surface area contributed by atoms with Crippen LogP contribution in [0, 0.1) is 16.7 Å². The Balaban J connectivity index is 2.16. The van der Waals surface area contributed by atoms with Crippen LogP contribution in [0.5, 0.6) is 0 Å². The molecule has 0 saturated carbocycles. The molecule has 2 aliphatic rings. The molecule has 0 aromatic heterocycles. The van der Waals surface area contributed by atoms with E-state index in [1.54, 1.807) is 0 Å². The minimum atomic E-state index is 0.211. The minimum Gasteiger partial charge on any atom is -0.329 e. The second-order valence-corrected chi connectivity index (χ2v) is 10.0. The first-order valence-electron chi connectivity index (χ1n) is 8.76. The van der Waals surface area contributed by atoms with Crippen molar-refractivity contribution in [2.45, 2.75) is 65.8 Å². The van der Waals surface area contributed by atoms with Crippen molar-refractivity contribution < 1.29 is 0 Å². The van der Waals surface area contributed by atoms with E-state index in [4.69, 9.17) is 5.73 Å². The molecule has 0 aromatic carbocycles. The highest BCUT2D eigenvalue weighted by atomic mass is 32.2. The first-order valence-corrected chi connectivity index (χ1v) is 9.91. The van der Waals surface area contributed by atoms with Crippen LogP contribution in [-0.2, 0) is 0 Å². The molecule has 2 unspecified atom stereocenters. The van der Waals surface area contributed by atoms with Crippen molar-refractivity contribution >= 4 is 11.8 Å². The van der Waals surface area contributed by atoms with Gasteiger partial charge in [0.2, 0.25) is 0 Å². The fourth-order valence-corrected chi connectivity index (χ4v) is 6.20. The molecule has 0 amide bonds. The van der Waals surface area contributed by atoms with Crippen molar-refractivity contribution in [2.24, 2.45) is 22.5 Å². The van der Waals surface area contributed by atoms with Gasteiger partial charge < -0.3 is 5.73 Å². The van der Waals surface area contributed by atoms with Gasteiger partial charge in [0.15, 0.2) is 0 Å². The SMILES string of the molecule is CC(C)(C)C1CCCN(C2(CN)CSCCC2(C)C)CC1. The van der Waals surface area contributed by atoms with Gasteiger partial charge in [-0.3, -0.25) is 4.90 Å². The molecule has 21 heavy (non-hydrogen) atoms. The van der Waals surface area contributed by atoms with Gasteiger partial charge in [-0.1, -0.05) is 34.6 Å². The third-order valence-electron chi connectivity index (χ3n) is 6.37. The Labute approximate surface area is 136 Å². The maximum Gasteiger partial charge on any atom is 0.0472 e. The third-order valence-corrected chi connectivity index (χ3v) is 7.54. The van der Waals surface area contributed by atoms with Gasteiger partial charge in [-0.15, -0.1) is 0 Å². The first-order chi connectivity index (χ1) is 9.73. The topological polar surface area (TPSA) is 29.3 Å². The standard InChI is InChI=1S/C18H36N2S/c1-16(2,3)15-7-6-10-20(11-8-15)18(13-19)14-21-12-9-17(18,4)5/h15H,6-14,19H2,1-5H3. The van der Waals surface area contributed by atoms with E-state index < -0.39 is 0 Å². The molecule has 2 aliphatic heterocycles. The van der Waals surface area contributed by atoms with Crippen LogP contribution in [0.4, 0.5) is 0 Å². The van der Waals surface area contributed by atoms with Crippen LogP contribution in [0.3, 0.4) is 0 Å². The van der Waals surface area contributed by atoms with Crippen LogP contribution < -0.4 is 5.73 Å². The Hall–Kier alpha value is 0.270. The summed E-state index contributed by atoms with van der Waals surface area (Å²) in [5.41, 5.74) is 7.36. The van der Waals surface area contributed by atoms with E-state index in [9.17, 15) is 0 Å². The molecule has 124 valence electrons. The highest BCUT2D eigenvalue weighted by Gasteiger charge is 2.50. The molecule has 2 N–H and O–H groups in total. The van der Waals surface area contributed by atoms with Crippen molar-refractivity contribution in [3.8, 4) is 0 Å². The molecule has 0 spiro atoms. The summed E-state index contributed by atoms with van der Waals surface area (Å²) < 4.78 is 0. The Morgan fingerprint density at radius 1 is 1.19 bits per heavy atom. The lowest BCUT2D eigenvalue weighted by Crippen LogP contribution is -2.66. The molecule has 0 aliphatic carbocycles. The van der Waals surface area contributed by atoms with Gasteiger partial charge in [0, 0.05) is 17.8 Å². The second kappa shape index (κ2) is 6.41. The van der Waals surface area contributed by atoms with E-state index in [-0.39, 0.29) is 5.54 Å². The van der Waals surface area contributed by atoms with E-state index in [1.807, 2.05) is 0 Å². The summed E-state index contributed by atoms with van der Waals surface area (Å²) in [6.45, 7) is 15.4. The normalized spacial score (nSPS) is 35.4. The van der Waals surface area contributed by atoms with Gasteiger partial charge in [0.25, 0.3) is 0 Å². The molecule has 2 fully saturated rings. The maximum absolute atomic E-state index is 6.36. The molecule has 0 radical (unpaired) electrons. The molecule has 0 bridgehead atoms. The summed E-state index contributed by atoms with van der Waals surface area (Å²) in [4.78, 5) is 2.78. The number of hydrogen-bond acceptors (Lipinski definition) is 3. The highest BCUT2D eigenvalue weighted by Crippen LogP contribution is 2.47. The summed E-state index contributed by atoms with van der Waals surface area (Å²) in [5, 5.41) is 0. The zero-order valence-corrected chi connectivity index (χ0v) is 15.7. The number of hydrogen-bond donors (Lipinski definition) is 1. The lowest BCUT2D eigenvalue weighted by atomic mass is 9.69. The number of thioether (sulfide) groups is 1. The van der Waals surface area contributed by atoms with E-state index >= 15 is 0 Å². The van der Waals surface area contributed by atoms with Crippen molar-refractivity contribution in [2.75, 3.05) is 31.1 Å². The van der Waals surface area contributed by atoms with Gasteiger partial charge in [0.05, 0.1) is 0 Å². The van der Waals surface area contributed by atoms with Crippen LogP contribution >= 0.6 is 11.8 Å². The van der Waals surface area contributed by atoms with Crippen LogP contribution in [0.25, 0.3) is 0 Å². The largest absolute Gasteiger partial charge is 0.329 e. The summed E-state index contributed by atoms with van der Waals surface area (Å²) in [6, 6.07) is 0. The first kappa shape index (κ1) is 17.6. The lowest BCUT2D eigenvalue weighted by Gasteiger charge is -2.55. The van der Waals surface area contributed by atoms with Gasteiger partial charge in [0.1, 0.15) is 0 Å². The van der Waals surface area contributed by atoms with Gasteiger partial charge >= 0.3 is 0 Å². The molecule has 2 rings (SSSR count). The van der Waals surface area contributed by atoms with Crippen molar-refractivity contribution in [3.63, 3.8) is 0 Å². The van der Waals surface area contributed by atoms with Crippen LogP contribution in [0.2, 0.25) is 0 Å². The van der Waals surface area contributed by atoms with Crippen LogP contribution in [0.1, 0.15) is 60.3 Å². The summed E-state index contributed by atoms with van der Waals surface area (Å²) >= 11 is 2.11. The monoisotopic (exact) mass is 312 g/mol. The average molecular weight is 313 g/mol.